The van der Waals surface area contributed by atoms with Crippen LogP contribution in [0.4, 0.5) is 14.5 Å². The van der Waals surface area contributed by atoms with Crippen LogP contribution < -0.4 is 4.72 Å². The van der Waals surface area contributed by atoms with Crippen molar-refractivity contribution in [2.24, 2.45) is 0 Å². The second kappa shape index (κ2) is 9.44. The van der Waals surface area contributed by atoms with E-state index < -0.39 is 21.7 Å². The van der Waals surface area contributed by atoms with Crippen molar-refractivity contribution < 1.29 is 17.2 Å². The van der Waals surface area contributed by atoms with Gasteiger partial charge in [-0.25, -0.2) is 22.2 Å². The van der Waals surface area contributed by atoms with E-state index in [-0.39, 0.29) is 23.0 Å². The highest BCUT2D eigenvalue weighted by Crippen LogP contribution is 2.32. The molecule has 0 fully saturated rings. The van der Waals surface area contributed by atoms with E-state index in [9.17, 15) is 17.2 Å². The number of rotatable bonds is 7. The molecule has 2 aromatic heterocycles. The molecule has 5 rings (SSSR count). The second-order valence-electron chi connectivity index (χ2n) is 9.02. The number of sulfonamides is 1. The number of nitrogens with one attached hydrogen (secondary N) is 1. The molecule has 0 unspecified atom stereocenters. The van der Waals surface area contributed by atoms with Gasteiger partial charge in [-0.05, 0) is 74.4 Å². The summed E-state index contributed by atoms with van der Waals surface area (Å²) in [6.07, 6.45) is 5.42. The minimum absolute atomic E-state index is 0.123. The van der Waals surface area contributed by atoms with E-state index in [0.717, 1.165) is 34.3 Å². The minimum atomic E-state index is -3.59. The molecular weight excluding hydrogens is 496 g/mol. The summed E-state index contributed by atoms with van der Waals surface area (Å²) in [7, 11) is -3.59. The summed E-state index contributed by atoms with van der Waals surface area (Å²) in [4.78, 5) is 4.55. The highest BCUT2D eigenvalue weighted by Gasteiger charge is 2.15. The van der Waals surface area contributed by atoms with Crippen LogP contribution in [-0.2, 0) is 10.0 Å². The van der Waals surface area contributed by atoms with Crippen molar-refractivity contribution in [1.29, 1.82) is 0 Å². The van der Waals surface area contributed by atoms with Crippen LogP contribution in [0.3, 0.4) is 0 Å². The molecule has 0 spiro atoms. The summed E-state index contributed by atoms with van der Waals surface area (Å²) in [6.45, 7) is 5.64. The molecule has 0 saturated carbocycles. The lowest BCUT2D eigenvalue weighted by molar-refractivity contribution is 0.532. The molecule has 5 aromatic rings. The first-order chi connectivity index (χ1) is 17.6. The number of hydrogen-bond acceptors (Lipinski definition) is 4. The summed E-state index contributed by atoms with van der Waals surface area (Å²) in [5.41, 5.74) is 4.80. The Bertz CT molecular complexity index is 1720. The molecule has 1 N–H and O–H groups in total. The zero-order valence-electron chi connectivity index (χ0n) is 20.5. The minimum Gasteiger partial charge on any atom is -0.299 e. The summed E-state index contributed by atoms with van der Waals surface area (Å²) < 4.78 is 59.0. The van der Waals surface area contributed by atoms with E-state index in [1.807, 2.05) is 35.3 Å². The summed E-state index contributed by atoms with van der Waals surface area (Å²) in [5.74, 6) is -1.56. The van der Waals surface area contributed by atoms with Crippen LogP contribution in [0, 0.1) is 11.6 Å². The molecular formula is C27H25F2N5O2S. The van der Waals surface area contributed by atoms with Crippen molar-refractivity contribution in [3.8, 4) is 27.9 Å². The maximum atomic E-state index is 14.7. The zero-order valence-corrected chi connectivity index (χ0v) is 21.3. The predicted molar refractivity (Wildman–Crippen MR) is 141 cm³/mol. The molecule has 0 aliphatic heterocycles. The Labute approximate surface area is 213 Å². The lowest BCUT2D eigenvalue weighted by Crippen LogP contribution is -2.15. The maximum absolute atomic E-state index is 14.7. The number of hydrogen-bond donors (Lipinski definition) is 1. The highest BCUT2D eigenvalue weighted by molar-refractivity contribution is 7.92. The van der Waals surface area contributed by atoms with Gasteiger partial charge in [-0.2, -0.15) is 5.10 Å². The van der Waals surface area contributed by atoms with E-state index >= 15 is 0 Å². The fourth-order valence-electron chi connectivity index (χ4n) is 4.11. The van der Waals surface area contributed by atoms with Gasteiger partial charge in [-0.15, -0.1) is 0 Å². The molecule has 0 atom stereocenters. The quantitative estimate of drug-likeness (QED) is 0.277. The molecule has 2 heterocycles. The molecule has 3 aromatic carbocycles. The average molecular weight is 522 g/mol. The molecule has 0 radical (unpaired) electrons. The first-order valence-corrected chi connectivity index (χ1v) is 13.4. The van der Waals surface area contributed by atoms with E-state index in [0.29, 0.717) is 11.3 Å². The van der Waals surface area contributed by atoms with Gasteiger partial charge in [-0.3, -0.25) is 14.0 Å². The number of fused-ring (bicyclic) bond motifs is 1. The van der Waals surface area contributed by atoms with Gasteiger partial charge in [0, 0.05) is 35.1 Å². The van der Waals surface area contributed by atoms with Gasteiger partial charge in [0.2, 0.25) is 10.0 Å². The van der Waals surface area contributed by atoms with Gasteiger partial charge < -0.3 is 0 Å². The third-order valence-corrected chi connectivity index (χ3v) is 7.41. The van der Waals surface area contributed by atoms with Crippen LogP contribution in [0.25, 0.3) is 39.0 Å². The fraction of sp³-hybridized carbons (Fsp3) is 0.185. The van der Waals surface area contributed by atoms with E-state index in [1.54, 1.807) is 23.0 Å². The number of nitrogens with zero attached hydrogens (tertiary/aromatic N) is 4. The first kappa shape index (κ1) is 24.6. The van der Waals surface area contributed by atoms with Crippen molar-refractivity contribution in [2.45, 2.75) is 26.8 Å². The van der Waals surface area contributed by atoms with E-state index in [4.69, 9.17) is 0 Å². The van der Waals surface area contributed by atoms with E-state index in [2.05, 4.69) is 28.7 Å². The van der Waals surface area contributed by atoms with Gasteiger partial charge in [0.25, 0.3) is 0 Å². The Balaban J connectivity index is 1.62. The normalized spacial score (nSPS) is 11.9. The maximum Gasteiger partial charge on any atom is 0.232 e. The predicted octanol–water partition coefficient (Wildman–Crippen LogP) is 6.18. The molecule has 0 aliphatic rings. The monoisotopic (exact) mass is 521 g/mol. The molecule has 0 bridgehead atoms. The number of halogens is 2. The third kappa shape index (κ3) is 4.97. The smallest absolute Gasteiger partial charge is 0.232 e. The van der Waals surface area contributed by atoms with Crippen LogP contribution in [-0.4, -0.2) is 33.5 Å². The number of benzene rings is 3. The Hall–Kier alpha value is -4.05. The van der Waals surface area contributed by atoms with Crippen molar-refractivity contribution in [2.75, 3.05) is 10.5 Å². The highest BCUT2D eigenvalue weighted by atomic mass is 32.2. The SMILES string of the molecule is CCS(=O)(=O)Nc1cc(-c2ccc(F)cc2F)cc(-n2cnc3cc(-c4cnn(C(C)C)c4)ccc32)c1. The molecule has 0 saturated heterocycles. The van der Waals surface area contributed by atoms with Crippen LogP contribution in [0.15, 0.2) is 73.3 Å². The van der Waals surface area contributed by atoms with E-state index in [1.165, 1.54) is 19.1 Å². The Morgan fingerprint density at radius 3 is 2.49 bits per heavy atom. The van der Waals surface area contributed by atoms with Gasteiger partial charge in [0.1, 0.15) is 18.0 Å². The van der Waals surface area contributed by atoms with Crippen LogP contribution in [0.2, 0.25) is 0 Å². The fourth-order valence-corrected chi connectivity index (χ4v) is 4.73. The van der Waals surface area contributed by atoms with Crippen molar-refractivity contribution >= 4 is 26.7 Å². The molecule has 0 amide bonds. The molecule has 0 aliphatic carbocycles. The molecule has 190 valence electrons. The Morgan fingerprint density at radius 2 is 1.78 bits per heavy atom. The van der Waals surface area contributed by atoms with Crippen LogP contribution in [0.5, 0.6) is 0 Å². The van der Waals surface area contributed by atoms with Crippen LogP contribution >= 0.6 is 0 Å². The standard InChI is InChI=1S/C27H25F2N5O2S/c1-4-37(35,36)32-22-9-19(24-7-6-21(28)12-25(24)29)10-23(13-22)33-16-30-26-11-18(5-8-27(26)33)20-14-31-34(15-20)17(2)3/h5-17,32H,4H2,1-3H3. The third-order valence-electron chi connectivity index (χ3n) is 6.10. The van der Waals surface area contributed by atoms with Crippen molar-refractivity contribution in [3.05, 3.63) is 85.0 Å². The average Bonchev–Trinajstić information content (AvgIpc) is 3.51. The zero-order chi connectivity index (χ0) is 26.3. The first-order valence-electron chi connectivity index (χ1n) is 11.8. The summed E-state index contributed by atoms with van der Waals surface area (Å²) >= 11 is 0. The van der Waals surface area contributed by atoms with Gasteiger partial charge in [0.05, 0.1) is 28.7 Å². The number of aromatic nitrogens is 4. The topological polar surface area (TPSA) is 81.8 Å². The lowest BCUT2D eigenvalue weighted by atomic mass is 10.0. The number of imidazole rings is 1. The Kier molecular flexibility index (Phi) is 6.28. The van der Waals surface area contributed by atoms with Crippen molar-refractivity contribution in [1.82, 2.24) is 19.3 Å². The lowest BCUT2D eigenvalue weighted by Gasteiger charge is -2.14. The van der Waals surface area contributed by atoms with Gasteiger partial charge in [-0.1, -0.05) is 6.07 Å². The molecule has 7 nitrogen and oxygen atoms in total. The van der Waals surface area contributed by atoms with Gasteiger partial charge >= 0.3 is 0 Å². The summed E-state index contributed by atoms with van der Waals surface area (Å²) in [5, 5.41) is 4.40. The second-order valence-corrected chi connectivity index (χ2v) is 11.0. The van der Waals surface area contributed by atoms with Gasteiger partial charge in [0.15, 0.2) is 0 Å². The largest absolute Gasteiger partial charge is 0.299 e. The number of anilines is 1. The summed E-state index contributed by atoms with van der Waals surface area (Å²) in [6, 6.07) is 14.3. The Morgan fingerprint density at radius 1 is 0.973 bits per heavy atom. The van der Waals surface area contributed by atoms with Crippen LogP contribution in [0.1, 0.15) is 26.8 Å². The molecule has 10 heteroatoms. The van der Waals surface area contributed by atoms with Crippen molar-refractivity contribution in [3.63, 3.8) is 0 Å². The molecule has 37 heavy (non-hydrogen) atoms.